The molecule has 1 aromatic heterocycles. The number of aryl methyl sites for hydroxylation is 1. The summed E-state index contributed by atoms with van der Waals surface area (Å²) in [6, 6.07) is 3.89. The van der Waals surface area contributed by atoms with Gasteiger partial charge in [-0.1, -0.05) is 6.07 Å². The Bertz CT molecular complexity index is 484. The van der Waals surface area contributed by atoms with Crippen molar-refractivity contribution in [2.45, 2.75) is 26.4 Å². The number of aliphatic hydroxyl groups is 1. The molecule has 0 bridgehead atoms. The number of carbonyl (C=O) groups excluding carboxylic acids is 1. The molecule has 1 saturated heterocycles. The summed E-state index contributed by atoms with van der Waals surface area (Å²) in [5, 5.41) is 9.87. The maximum absolute atomic E-state index is 12.3. The molecule has 1 N–H and O–H groups in total. The lowest BCUT2D eigenvalue weighted by Gasteiger charge is -2.35. The van der Waals surface area contributed by atoms with Crippen LogP contribution in [0.1, 0.15) is 18.2 Å². The molecule has 0 spiro atoms. The summed E-state index contributed by atoms with van der Waals surface area (Å²) in [5.74, 6) is 0.144. The fourth-order valence-electron chi connectivity index (χ4n) is 2.67. The number of β-amino-alcohol motifs (C(OH)–C–C–N with tert-alkyl or cyclic N) is 1. The largest absolute Gasteiger partial charge is 0.389 e. The van der Waals surface area contributed by atoms with Crippen molar-refractivity contribution < 1.29 is 14.6 Å². The Balaban J connectivity index is 1.73. The van der Waals surface area contributed by atoms with Crippen molar-refractivity contribution in [3.05, 3.63) is 29.6 Å². The average Bonchev–Trinajstić information content (AvgIpc) is 2.55. The highest BCUT2D eigenvalue weighted by Crippen LogP contribution is 2.07. The Morgan fingerprint density at radius 2 is 2.09 bits per heavy atom. The number of pyridine rings is 1. The van der Waals surface area contributed by atoms with Gasteiger partial charge in [0, 0.05) is 51.2 Å². The van der Waals surface area contributed by atoms with E-state index < -0.39 is 6.10 Å². The molecule has 128 valence electrons. The second-order valence-corrected chi connectivity index (χ2v) is 5.98. The number of rotatable bonds is 7. The summed E-state index contributed by atoms with van der Waals surface area (Å²) in [7, 11) is 0. The summed E-state index contributed by atoms with van der Waals surface area (Å²) in [6.07, 6.45) is 1.71. The molecule has 6 nitrogen and oxygen atoms in total. The molecule has 1 aliphatic rings. The SMILES string of the molecule is CCOC[C@@H](O)CN1CCN(C(=O)Cc2ccc(C)nc2)CC1. The molecule has 1 aromatic rings. The van der Waals surface area contributed by atoms with Crippen molar-refractivity contribution in [3.63, 3.8) is 0 Å². The first-order chi connectivity index (χ1) is 11.1. The van der Waals surface area contributed by atoms with Crippen molar-refractivity contribution >= 4 is 5.91 Å². The van der Waals surface area contributed by atoms with Crippen LogP contribution in [0.4, 0.5) is 0 Å². The van der Waals surface area contributed by atoms with Gasteiger partial charge in [-0.05, 0) is 25.5 Å². The number of aliphatic hydroxyl groups excluding tert-OH is 1. The van der Waals surface area contributed by atoms with Gasteiger partial charge in [0.05, 0.1) is 19.1 Å². The molecule has 1 fully saturated rings. The first kappa shape index (κ1) is 17.8. The van der Waals surface area contributed by atoms with Crippen molar-refractivity contribution in [2.24, 2.45) is 0 Å². The lowest BCUT2D eigenvalue weighted by Crippen LogP contribution is -2.51. The zero-order chi connectivity index (χ0) is 16.7. The van der Waals surface area contributed by atoms with Crippen LogP contribution in [-0.2, 0) is 16.0 Å². The summed E-state index contributed by atoms with van der Waals surface area (Å²) >= 11 is 0. The molecule has 2 rings (SSSR count). The van der Waals surface area contributed by atoms with Gasteiger partial charge < -0.3 is 14.7 Å². The third-order valence-electron chi connectivity index (χ3n) is 4.04. The lowest BCUT2D eigenvalue weighted by molar-refractivity contribution is -0.132. The third-order valence-corrected chi connectivity index (χ3v) is 4.04. The average molecular weight is 321 g/mol. The molecule has 0 unspecified atom stereocenters. The number of amides is 1. The van der Waals surface area contributed by atoms with Crippen LogP contribution in [0.2, 0.25) is 0 Å². The fourth-order valence-corrected chi connectivity index (χ4v) is 2.67. The van der Waals surface area contributed by atoms with E-state index in [9.17, 15) is 9.90 Å². The third kappa shape index (κ3) is 5.89. The number of hydrogen-bond donors (Lipinski definition) is 1. The smallest absolute Gasteiger partial charge is 0.227 e. The van der Waals surface area contributed by atoms with Crippen LogP contribution in [0.15, 0.2) is 18.3 Å². The molecule has 0 radical (unpaired) electrons. The van der Waals surface area contributed by atoms with E-state index in [0.717, 1.165) is 24.3 Å². The van der Waals surface area contributed by atoms with Crippen LogP contribution in [0.25, 0.3) is 0 Å². The minimum atomic E-state index is -0.462. The maximum atomic E-state index is 12.3. The Morgan fingerprint density at radius 3 is 2.70 bits per heavy atom. The molecular weight excluding hydrogens is 294 g/mol. The van der Waals surface area contributed by atoms with Crippen LogP contribution >= 0.6 is 0 Å². The fraction of sp³-hybridized carbons (Fsp3) is 0.647. The minimum absolute atomic E-state index is 0.144. The Labute approximate surface area is 138 Å². The molecule has 2 heterocycles. The van der Waals surface area contributed by atoms with E-state index in [2.05, 4.69) is 9.88 Å². The van der Waals surface area contributed by atoms with Crippen molar-refractivity contribution in [1.29, 1.82) is 0 Å². The molecule has 23 heavy (non-hydrogen) atoms. The van der Waals surface area contributed by atoms with Gasteiger partial charge in [0.2, 0.25) is 5.91 Å². The van der Waals surface area contributed by atoms with E-state index in [-0.39, 0.29) is 5.91 Å². The van der Waals surface area contributed by atoms with Crippen LogP contribution in [0, 0.1) is 6.92 Å². The second kappa shape index (κ2) is 8.96. The Kier molecular flexibility index (Phi) is 6.95. The first-order valence-electron chi connectivity index (χ1n) is 8.26. The van der Waals surface area contributed by atoms with Crippen LogP contribution < -0.4 is 0 Å². The van der Waals surface area contributed by atoms with Gasteiger partial charge in [0.25, 0.3) is 0 Å². The summed E-state index contributed by atoms with van der Waals surface area (Å²) in [5.41, 5.74) is 1.91. The highest BCUT2D eigenvalue weighted by atomic mass is 16.5. The maximum Gasteiger partial charge on any atom is 0.227 e. The lowest BCUT2D eigenvalue weighted by atomic mass is 10.1. The van der Waals surface area contributed by atoms with E-state index in [1.54, 1.807) is 6.20 Å². The monoisotopic (exact) mass is 321 g/mol. The highest BCUT2D eigenvalue weighted by Gasteiger charge is 2.22. The van der Waals surface area contributed by atoms with Crippen LogP contribution in [0.5, 0.6) is 0 Å². The van der Waals surface area contributed by atoms with Gasteiger partial charge in [0.1, 0.15) is 0 Å². The van der Waals surface area contributed by atoms with Gasteiger partial charge in [-0.25, -0.2) is 0 Å². The number of hydrogen-bond acceptors (Lipinski definition) is 5. The van der Waals surface area contributed by atoms with E-state index >= 15 is 0 Å². The summed E-state index contributed by atoms with van der Waals surface area (Å²) < 4.78 is 5.22. The normalized spacial score (nSPS) is 17.3. The number of nitrogens with zero attached hydrogens (tertiary/aromatic N) is 3. The van der Waals surface area contributed by atoms with E-state index in [0.29, 0.717) is 39.3 Å². The standard InChI is InChI=1S/C17H27N3O3/c1-3-23-13-16(21)12-19-6-8-20(9-7-19)17(22)10-15-5-4-14(2)18-11-15/h4-5,11,16,21H,3,6-10,12-13H2,1-2H3/t16-/m0/s1. The van der Waals surface area contributed by atoms with Crippen molar-refractivity contribution in [2.75, 3.05) is 45.9 Å². The predicted octanol–water partition coefficient (Wildman–Crippen LogP) is 0.474. The first-order valence-corrected chi connectivity index (χ1v) is 8.26. The molecular formula is C17H27N3O3. The van der Waals surface area contributed by atoms with E-state index in [4.69, 9.17) is 4.74 Å². The molecule has 1 atom stereocenters. The van der Waals surface area contributed by atoms with E-state index in [1.807, 2.05) is 30.9 Å². The Hall–Kier alpha value is -1.50. The van der Waals surface area contributed by atoms with Gasteiger partial charge in [-0.2, -0.15) is 0 Å². The molecule has 0 saturated carbocycles. The molecule has 1 amide bonds. The van der Waals surface area contributed by atoms with Gasteiger partial charge in [-0.15, -0.1) is 0 Å². The Morgan fingerprint density at radius 1 is 1.35 bits per heavy atom. The number of aromatic nitrogens is 1. The zero-order valence-electron chi connectivity index (χ0n) is 14.1. The summed E-state index contributed by atoms with van der Waals surface area (Å²) in [6.45, 7) is 8.44. The molecule has 0 aromatic carbocycles. The van der Waals surface area contributed by atoms with Crippen LogP contribution in [-0.4, -0.2) is 77.8 Å². The highest BCUT2D eigenvalue weighted by molar-refractivity contribution is 5.78. The van der Waals surface area contributed by atoms with Gasteiger partial charge in [0.15, 0.2) is 0 Å². The molecule has 1 aliphatic heterocycles. The quantitative estimate of drug-likeness (QED) is 0.791. The molecule has 6 heteroatoms. The van der Waals surface area contributed by atoms with Gasteiger partial charge in [-0.3, -0.25) is 14.7 Å². The number of ether oxygens (including phenoxy) is 1. The second-order valence-electron chi connectivity index (χ2n) is 5.98. The molecule has 0 aliphatic carbocycles. The summed E-state index contributed by atoms with van der Waals surface area (Å²) in [4.78, 5) is 20.6. The van der Waals surface area contributed by atoms with Gasteiger partial charge >= 0.3 is 0 Å². The van der Waals surface area contributed by atoms with Crippen molar-refractivity contribution in [3.8, 4) is 0 Å². The zero-order valence-corrected chi connectivity index (χ0v) is 14.1. The minimum Gasteiger partial charge on any atom is -0.389 e. The van der Waals surface area contributed by atoms with E-state index in [1.165, 1.54) is 0 Å². The number of carbonyl (C=O) groups is 1. The topological polar surface area (TPSA) is 65.9 Å². The number of piperazine rings is 1. The predicted molar refractivity (Wildman–Crippen MR) is 88.2 cm³/mol. The van der Waals surface area contributed by atoms with Crippen LogP contribution in [0.3, 0.4) is 0 Å². The van der Waals surface area contributed by atoms with Crippen molar-refractivity contribution in [1.82, 2.24) is 14.8 Å².